The number of hydrogen-bond donors (Lipinski definition) is 2. The Balaban J connectivity index is 1.47. The monoisotopic (exact) mass is 399 g/mol. The van der Waals surface area contributed by atoms with E-state index in [2.05, 4.69) is 30.6 Å². The number of morpholine rings is 1. The van der Waals surface area contributed by atoms with Crippen molar-refractivity contribution in [2.45, 2.75) is 0 Å². The Morgan fingerprint density at radius 3 is 2.61 bits per heavy atom. The third-order valence-corrected chi connectivity index (χ3v) is 4.44. The lowest BCUT2D eigenvalue weighted by molar-refractivity contribution is 0.122. The average molecular weight is 400 g/mol. The number of nitrogens with zero attached hydrogens (tertiary/aromatic N) is 5. The summed E-state index contributed by atoms with van der Waals surface area (Å²) in [5, 5.41) is 10.4. The van der Waals surface area contributed by atoms with E-state index in [0.29, 0.717) is 35.4 Å². The molecule has 0 radical (unpaired) electrons. The number of aromatic nitrogens is 4. The highest BCUT2D eigenvalue weighted by molar-refractivity contribution is 6.30. The summed E-state index contributed by atoms with van der Waals surface area (Å²) < 4.78 is 7.02. The number of anilines is 3. The van der Waals surface area contributed by atoms with E-state index in [-0.39, 0.29) is 6.03 Å². The van der Waals surface area contributed by atoms with Crippen molar-refractivity contribution < 1.29 is 9.53 Å². The predicted molar refractivity (Wildman–Crippen MR) is 106 cm³/mol. The quantitative estimate of drug-likeness (QED) is 0.700. The van der Waals surface area contributed by atoms with Crippen molar-refractivity contribution in [2.75, 3.05) is 41.8 Å². The first kappa shape index (κ1) is 18.2. The van der Waals surface area contributed by atoms with E-state index in [0.717, 1.165) is 18.8 Å². The van der Waals surface area contributed by atoms with E-state index in [1.807, 2.05) is 0 Å². The maximum absolute atomic E-state index is 12.2. The summed E-state index contributed by atoms with van der Waals surface area (Å²) in [6.07, 6.45) is 6.50. The summed E-state index contributed by atoms with van der Waals surface area (Å²) in [7, 11) is 0. The van der Waals surface area contributed by atoms with E-state index in [1.165, 1.54) is 6.33 Å². The molecule has 1 aliphatic heterocycles. The van der Waals surface area contributed by atoms with Gasteiger partial charge in [0.05, 0.1) is 37.5 Å². The minimum absolute atomic E-state index is 0.377. The molecule has 4 rings (SSSR count). The smallest absolute Gasteiger partial charge is 0.323 e. The minimum atomic E-state index is -0.377. The molecule has 28 heavy (non-hydrogen) atoms. The van der Waals surface area contributed by atoms with Crippen LogP contribution in [0.1, 0.15) is 0 Å². The number of nitrogens with one attached hydrogen (secondary N) is 2. The van der Waals surface area contributed by atoms with Crippen LogP contribution in [0.3, 0.4) is 0 Å². The number of carbonyl (C=O) groups excluding carboxylic acids is 1. The van der Waals surface area contributed by atoms with Crippen LogP contribution in [-0.2, 0) is 4.74 Å². The van der Waals surface area contributed by atoms with Crippen LogP contribution in [0, 0.1) is 0 Å². The number of benzene rings is 1. The highest BCUT2D eigenvalue weighted by atomic mass is 35.5. The lowest BCUT2D eigenvalue weighted by atomic mass is 10.3. The maximum atomic E-state index is 12.2. The number of rotatable bonds is 4. The lowest BCUT2D eigenvalue weighted by Gasteiger charge is -2.29. The van der Waals surface area contributed by atoms with Gasteiger partial charge < -0.3 is 20.3 Å². The van der Waals surface area contributed by atoms with Crippen LogP contribution in [0.5, 0.6) is 0 Å². The van der Waals surface area contributed by atoms with Crippen LogP contribution in [0.2, 0.25) is 5.02 Å². The Kier molecular flexibility index (Phi) is 5.36. The molecule has 0 atom stereocenters. The zero-order valence-corrected chi connectivity index (χ0v) is 15.6. The van der Waals surface area contributed by atoms with Crippen molar-refractivity contribution >= 4 is 34.7 Å². The first-order valence-corrected chi connectivity index (χ1v) is 9.08. The standard InChI is InChI=1S/C18H18ClN7O2/c19-13-1-3-14(4-2-13)23-18(27)24-15-9-22-26(11-15)17-16(10-20-12-21-17)25-5-7-28-8-6-25/h1-4,9-12H,5-8H2,(H2,23,24,27). The zero-order valence-electron chi connectivity index (χ0n) is 14.9. The lowest BCUT2D eigenvalue weighted by Crippen LogP contribution is -2.37. The summed E-state index contributed by atoms with van der Waals surface area (Å²) in [6, 6.07) is 6.48. The summed E-state index contributed by atoms with van der Waals surface area (Å²) in [4.78, 5) is 22.8. The summed E-state index contributed by atoms with van der Waals surface area (Å²) in [5.41, 5.74) is 2.05. The molecule has 10 heteroatoms. The van der Waals surface area contributed by atoms with Gasteiger partial charge in [-0.05, 0) is 24.3 Å². The average Bonchev–Trinajstić information content (AvgIpc) is 3.18. The SMILES string of the molecule is O=C(Nc1ccc(Cl)cc1)Nc1cnn(-c2ncncc2N2CCOCC2)c1. The van der Waals surface area contributed by atoms with E-state index < -0.39 is 0 Å². The molecule has 0 aliphatic carbocycles. The third-order valence-electron chi connectivity index (χ3n) is 4.18. The molecule has 1 saturated heterocycles. The van der Waals surface area contributed by atoms with Crippen LogP contribution in [0.4, 0.5) is 21.9 Å². The molecular formula is C18H18ClN7O2. The molecule has 0 spiro atoms. The van der Waals surface area contributed by atoms with Crippen LogP contribution in [0.15, 0.2) is 49.2 Å². The van der Waals surface area contributed by atoms with Crippen molar-refractivity contribution in [1.29, 1.82) is 0 Å². The fourth-order valence-electron chi connectivity index (χ4n) is 2.85. The summed E-state index contributed by atoms with van der Waals surface area (Å²) in [5.74, 6) is 0.642. The molecule has 0 saturated carbocycles. The van der Waals surface area contributed by atoms with Gasteiger partial charge in [0.1, 0.15) is 12.0 Å². The van der Waals surface area contributed by atoms with Crippen LogP contribution in [0.25, 0.3) is 5.82 Å². The fraction of sp³-hybridized carbons (Fsp3) is 0.222. The largest absolute Gasteiger partial charge is 0.378 e. The molecule has 0 unspecified atom stereocenters. The first-order valence-electron chi connectivity index (χ1n) is 8.70. The molecule has 1 aromatic carbocycles. The Morgan fingerprint density at radius 1 is 1.07 bits per heavy atom. The van der Waals surface area contributed by atoms with Gasteiger partial charge in [-0.1, -0.05) is 11.6 Å². The molecule has 3 aromatic rings. The second kappa shape index (κ2) is 8.24. The summed E-state index contributed by atoms with van der Waals surface area (Å²) >= 11 is 5.85. The van der Waals surface area contributed by atoms with Crippen LogP contribution in [-0.4, -0.2) is 52.1 Å². The highest BCUT2D eigenvalue weighted by Crippen LogP contribution is 2.23. The van der Waals surface area contributed by atoms with Crippen molar-refractivity contribution in [2.24, 2.45) is 0 Å². The molecule has 3 heterocycles. The molecule has 1 fully saturated rings. The Labute approximate surface area is 166 Å². The number of ether oxygens (including phenoxy) is 1. The number of carbonyl (C=O) groups is 1. The third kappa shape index (κ3) is 4.21. The Bertz CT molecular complexity index is 955. The molecule has 1 aliphatic rings. The molecule has 2 amide bonds. The van der Waals surface area contributed by atoms with Gasteiger partial charge in [0.25, 0.3) is 0 Å². The van der Waals surface area contributed by atoms with E-state index in [1.54, 1.807) is 47.5 Å². The molecule has 2 aromatic heterocycles. The van der Waals surface area contributed by atoms with Crippen LogP contribution >= 0.6 is 11.6 Å². The van der Waals surface area contributed by atoms with Gasteiger partial charge in [0, 0.05) is 23.8 Å². The van der Waals surface area contributed by atoms with E-state index >= 15 is 0 Å². The van der Waals surface area contributed by atoms with Crippen LogP contribution < -0.4 is 15.5 Å². The molecular weight excluding hydrogens is 382 g/mol. The highest BCUT2D eigenvalue weighted by Gasteiger charge is 2.18. The molecule has 144 valence electrons. The van der Waals surface area contributed by atoms with Gasteiger partial charge in [-0.3, -0.25) is 0 Å². The molecule has 2 N–H and O–H groups in total. The van der Waals surface area contributed by atoms with Gasteiger partial charge in [0.15, 0.2) is 5.82 Å². The maximum Gasteiger partial charge on any atom is 0.323 e. The van der Waals surface area contributed by atoms with Gasteiger partial charge in [-0.2, -0.15) is 5.10 Å². The predicted octanol–water partition coefficient (Wildman–Crippen LogP) is 2.80. The van der Waals surface area contributed by atoms with Crippen molar-refractivity contribution in [3.63, 3.8) is 0 Å². The van der Waals surface area contributed by atoms with Gasteiger partial charge in [-0.25, -0.2) is 19.4 Å². The zero-order chi connectivity index (χ0) is 19.3. The Morgan fingerprint density at radius 2 is 1.82 bits per heavy atom. The van der Waals surface area contributed by atoms with Crippen molar-refractivity contribution in [3.8, 4) is 5.82 Å². The number of hydrogen-bond acceptors (Lipinski definition) is 6. The van der Waals surface area contributed by atoms with Crippen molar-refractivity contribution in [3.05, 3.63) is 54.2 Å². The number of halogens is 1. The van der Waals surface area contributed by atoms with Gasteiger partial charge >= 0.3 is 6.03 Å². The van der Waals surface area contributed by atoms with E-state index in [9.17, 15) is 4.79 Å². The number of amides is 2. The summed E-state index contributed by atoms with van der Waals surface area (Å²) in [6.45, 7) is 2.84. The fourth-order valence-corrected chi connectivity index (χ4v) is 2.98. The second-order valence-corrected chi connectivity index (χ2v) is 6.53. The molecule has 0 bridgehead atoms. The van der Waals surface area contributed by atoms with Gasteiger partial charge in [-0.15, -0.1) is 0 Å². The molecule has 9 nitrogen and oxygen atoms in total. The van der Waals surface area contributed by atoms with Crippen molar-refractivity contribution in [1.82, 2.24) is 19.7 Å². The normalized spacial score (nSPS) is 14.0. The minimum Gasteiger partial charge on any atom is -0.378 e. The topological polar surface area (TPSA) is 97.2 Å². The first-order chi connectivity index (χ1) is 13.7. The van der Waals surface area contributed by atoms with Gasteiger partial charge in [0.2, 0.25) is 0 Å². The second-order valence-electron chi connectivity index (χ2n) is 6.09. The Hall–Kier alpha value is -3.17. The van der Waals surface area contributed by atoms with E-state index in [4.69, 9.17) is 16.3 Å². The number of urea groups is 1.